The largest absolute Gasteiger partial charge is 0.392 e. The number of rotatable bonds is 5. The number of hydrogen-bond acceptors (Lipinski definition) is 3. The zero-order valence-electron chi connectivity index (χ0n) is 12.1. The Hall–Kier alpha value is -1.85. The second kappa shape index (κ2) is 6.28. The average Bonchev–Trinajstić information content (AvgIpc) is 2.44. The molecule has 0 aromatic heterocycles. The van der Waals surface area contributed by atoms with E-state index in [4.69, 9.17) is 5.11 Å². The maximum absolute atomic E-state index is 12.2. The van der Waals surface area contributed by atoms with E-state index in [0.717, 1.165) is 16.7 Å². The summed E-state index contributed by atoms with van der Waals surface area (Å²) in [4.78, 5) is 0. The van der Waals surface area contributed by atoms with Crippen LogP contribution in [-0.2, 0) is 22.4 Å². The van der Waals surface area contributed by atoms with Crippen LogP contribution in [0.25, 0.3) is 0 Å². The lowest BCUT2D eigenvalue weighted by Crippen LogP contribution is -2.16. The first-order valence-electron chi connectivity index (χ1n) is 6.66. The van der Waals surface area contributed by atoms with Gasteiger partial charge in [0.2, 0.25) is 10.0 Å². The Morgan fingerprint density at radius 1 is 1.00 bits per heavy atom. The Kier molecular flexibility index (Phi) is 4.65. The summed E-state index contributed by atoms with van der Waals surface area (Å²) in [7, 11) is -3.46. The normalized spacial score (nSPS) is 11.4. The molecule has 0 spiro atoms. The fourth-order valence-electron chi connectivity index (χ4n) is 2.03. The molecule has 0 amide bonds. The van der Waals surface area contributed by atoms with E-state index >= 15 is 0 Å². The fourth-order valence-corrected chi connectivity index (χ4v) is 3.29. The van der Waals surface area contributed by atoms with Crippen LogP contribution < -0.4 is 4.72 Å². The number of anilines is 1. The smallest absolute Gasteiger partial charge is 0.236 e. The molecule has 0 saturated heterocycles. The van der Waals surface area contributed by atoms with Gasteiger partial charge in [-0.1, -0.05) is 36.4 Å². The zero-order valence-corrected chi connectivity index (χ0v) is 12.9. The summed E-state index contributed by atoms with van der Waals surface area (Å²) in [6.07, 6.45) is 0. The predicted molar refractivity (Wildman–Crippen MR) is 84.5 cm³/mol. The molecule has 2 aromatic rings. The average molecular weight is 305 g/mol. The summed E-state index contributed by atoms with van der Waals surface area (Å²) in [5, 5.41) is 8.98. The van der Waals surface area contributed by atoms with Gasteiger partial charge >= 0.3 is 0 Å². The number of benzene rings is 2. The van der Waals surface area contributed by atoms with Crippen LogP contribution in [0, 0.1) is 13.8 Å². The van der Waals surface area contributed by atoms with Crippen LogP contribution in [0.5, 0.6) is 0 Å². The third kappa shape index (κ3) is 4.06. The number of nitrogens with one attached hydrogen (secondary N) is 1. The van der Waals surface area contributed by atoms with E-state index in [1.807, 2.05) is 26.0 Å². The molecule has 0 aliphatic rings. The molecule has 0 aliphatic heterocycles. The number of aliphatic hydroxyl groups is 1. The standard InChI is InChI=1S/C16H19NO3S/c1-12-4-3-5-16(13(12)2)17-21(19,20)11-15-8-6-14(10-18)7-9-15/h3-9,17-18H,10-11H2,1-2H3. The van der Waals surface area contributed by atoms with Gasteiger partial charge in [0.15, 0.2) is 0 Å². The highest BCUT2D eigenvalue weighted by molar-refractivity contribution is 7.91. The van der Waals surface area contributed by atoms with Crippen molar-refractivity contribution >= 4 is 15.7 Å². The number of aliphatic hydroxyl groups excluding tert-OH is 1. The van der Waals surface area contributed by atoms with Gasteiger partial charge in [-0.05, 0) is 42.2 Å². The molecule has 2 rings (SSSR count). The molecule has 0 atom stereocenters. The van der Waals surface area contributed by atoms with Gasteiger partial charge in [-0.15, -0.1) is 0 Å². The van der Waals surface area contributed by atoms with Crippen LogP contribution >= 0.6 is 0 Å². The van der Waals surface area contributed by atoms with Gasteiger partial charge in [-0.3, -0.25) is 4.72 Å². The number of hydrogen-bond donors (Lipinski definition) is 2. The van der Waals surface area contributed by atoms with Crippen molar-refractivity contribution in [3.05, 3.63) is 64.7 Å². The van der Waals surface area contributed by atoms with E-state index in [-0.39, 0.29) is 12.4 Å². The topological polar surface area (TPSA) is 66.4 Å². The van der Waals surface area contributed by atoms with Crippen LogP contribution in [0.1, 0.15) is 22.3 Å². The third-order valence-electron chi connectivity index (χ3n) is 3.43. The highest BCUT2D eigenvalue weighted by Gasteiger charge is 2.13. The van der Waals surface area contributed by atoms with Crippen molar-refractivity contribution in [1.29, 1.82) is 0 Å². The lowest BCUT2D eigenvalue weighted by atomic mass is 10.1. The predicted octanol–water partition coefficient (Wildman–Crippen LogP) is 2.74. The quantitative estimate of drug-likeness (QED) is 0.892. The van der Waals surface area contributed by atoms with Crippen molar-refractivity contribution in [3.8, 4) is 0 Å². The maximum Gasteiger partial charge on any atom is 0.236 e. The molecule has 5 heteroatoms. The molecule has 112 valence electrons. The van der Waals surface area contributed by atoms with Gasteiger partial charge in [-0.25, -0.2) is 8.42 Å². The zero-order chi connectivity index (χ0) is 15.5. The van der Waals surface area contributed by atoms with E-state index in [2.05, 4.69) is 4.72 Å². The third-order valence-corrected chi connectivity index (χ3v) is 4.68. The second-order valence-corrected chi connectivity index (χ2v) is 6.81. The Balaban J connectivity index is 2.16. The molecule has 0 heterocycles. The lowest BCUT2D eigenvalue weighted by Gasteiger charge is -2.12. The molecule has 4 nitrogen and oxygen atoms in total. The van der Waals surface area contributed by atoms with Gasteiger partial charge in [-0.2, -0.15) is 0 Å². The molecular weight excluding hydrogens is 286 g/mol. The molecule has 0 radical (unpaired) electrons. The number of sulfonamides is 1. The Morgan fingerprint density at radius 2 is 1.62 bits per heavy atom. The van der Waals surface area contributed by atoms with Gasteiger partial charge in [0, 0.05) is 0 Å². The van der Waals surface area contributed by atoms with Gasteiger partial charge in [0.25, 0.3) is 0 Å². The van der Waals surface area contributed by atoms with Crippen molar-refractivity contribution in [3.63, 3.8) is 0 Å². The molecule has 21 heavy (non-hydrogen) atoms. The maximum atomic E-state index is 12.2. The van der Waals surface area contributed by atoms with Gasteiger partial charge < -0.3 is 5.11 Å². The molecule has 0 aliphatic carbocycles. The Bertz CT molecular complexity index is 722. The van der Waals surface area contributed by atoms with E-state index in [0.29, 0.717) is 11.3 Å². The number of aryl methyl sites for hydroxylation is 1. The minimum absolute atomic E-state index is 0.0479. The van der Waals surface area contributed by atoms with E-state index < -0.39 is 10.0 Å². The fraction of sp³-hybridized carbons (Fsp3) is 0.250. The van der Waals surface area contributed by atoms with E-state index in [1.54, 1.807) is 30.3 Å². The van der Waals surface area contributed by atoms with Crippen LogP contribution in [0.4, 0.5) is 5.69 Å². The van der Waals surface area contributed by atoms with Crippen LogP contribution in [-0.4, -0.2) is 13.5 Å². The van der Waals surface area contributed by atoms with Gasteiger partial charge in [0.05, 0.1) is 18.0 Å². The molecule has 0 unspecified atom stereocenters. The Labute approximate surface area is 125 Å². The van der Waals surface area contributed by atoms with Crippen LogP contribution in [0.15, 0.2) is 42.5 Å². The molecule has 0 bridgehead atoms. The van der Waals surface area contributed by atoms with Crippen molar-refractivity contribution in [2.75, 3.05) is 4.72 Å². The van der Waals surface area contributed by atoms with Crippen molar-refractivity contribution in [1.82, 2.24) is 0 Å². The van der Waals surface area contributed by atoms with E-state index in [9.17, 15) is 8.42 Å². The first-order valence-corrected chi connectivity index (χ1v) is 8.32. The van der Waals surface area contributed by atoms with Crippen molar-refractivity contribution < 1.29 is 13.5 Å². The second-order valence-electron chi connectivity index (χ2n) is 5.08. The molecule has 0 fully saturated rings. The first kappa shape index (κ1) is 15.5. The summed E-state index contributed by atoms with van der Waals surface area (Å²) < 4.78 is 27.1. The summed E-state index contributed by atoms with van der Waals surface area (Å²) >= 11 is 0. The summed E-state index contributed by atoms with van der Waals surface area (Å²) in [5.74, 6) is -0.0912. The SMILES string of the molecule is Cc1cccc(NS(=O)(=O)Cc2ccc(CO)cc2)c1C. The van der Waals surface area contributed by atoms with Crippen molar-refractivity contribution in [2.45, 2.75) is 26.2 Å². The lowest BCUT2D eigenvalue weighted by molar-refractivity contribution is 0.282. The summed E-state index contributed by atoms with van der Waals surface area (Å²) in [5.41, 5.74) is 4.03. The summed E-state index contributed by atoms with van der Waals surface area (Å²) in [6, 6.07) is 12.4. The molecule has 0 saturated carbocycles. The monoisotopic (exact) mass is 305 g/mol. The minimum Gasteiger partial charge on any atom is -0.392 e. The molecular formula is C16H19NO3S. The van der Waals surface area contributed by atoms with Crippen LogP contribution in [0.3, 0.4) is 0 Å². The summed E-state index contributed by atoms with van der Waals surface area (Å²) in [6.45, 7) is 3.79. The van der Waals surface area contributed by atoms with Gasteiger partial charge in [0.1, 0.15) is 0 Å². The van der Waals surface area contributed by atoms with E-state index in [1.165, 1.54) is 0 Å². The highest BCUT2D eigenvalue weighted by atomic mass is 32.2. The Morgan fingerprint density at radius 3 is 2.24 bits per heavy atom. The van der Waals surface area contributed by atoms with Crippen molar-refractivity contribution in [2.24, 2.45) is 0 Å². The first-order chi connectivity index (χ1) is 9.91. The minimum atomic E-state index is -3.46. The molecule has 2 N–H and O–H groups in total. The highest BCUT2D eigenvalue weighted by Crippen LogP contribution is 2.20. The molecule has 2 aromatic carbocycles. The van der Waals surface area contributed by atoms with Crippen LogP contribution in [0.2, 0.25) is 0 Å².